The zero-order valence-electron chi connectivity index (χ0n) is 13.9. The summed E-state index contributed by atoms with van der Waals surface area (Å²) in [4.78, 5) is 13.0. The monoisotopic (exact) mass is 341 g/mol. The number of nitrogens with zero attached hydrogens (tertiary/aromatic N) is 4. The number of rotatable bonds is 5. The van der Waals surface area contributed by atoms with Crippen LogP contribution in [-0.2, 0) is 6.42 Å². The molecule has 0 aliphatic heterocycles. The van der Waals surface area contributed by atoms with Crippen LogP contribution in [0, 0.1) is 6.92 Å². The molecule has 1 N–H and O–H groups in total. The van der Waals surface area contributed by atoms with Crippen molar-refractivity contribution in [2.75, 3.05) is 0 Å². The number of nitrogens with one attached hydrogen (secondary N) is 1. The molecular formula is C17H19N5OS. The molecule has 2 heterocycles. The summed E-state index contributed by atoms with van der Waals surface area (Å²) in [5.41, 5.74) is 3.73. The van der Waals surface area contributed by atoms with Gasteiger partial charge in [-0.05, 0) is 43.9 Å². The number of carbonyl (C=O) groups is 1. The van der Waals surface area contributed by atoms with E-state index in [0.29, 0.717) is 11.3 Å². The first kappa shape index (κ1) is 16.3. The smallest absolute Gasteiger partial charge is 0.265 e. The summed E-state index contributed by atoms with van der Waals surface area (Å²) >= 11 is 1.13. The Morgan fingerprint density at radius 1 is 1.33 bits per heavy atom. The fourth-order valence-corrected chi connectivity index (χ4v) is 3.28. The van der Waals surface area contributed by atoms with Gasteiger partial charge in [0.1, 0.15) is 4.88 Å². The van der Waals surface area contributed by atoms with E-state index in [1.807, 2.05) is 55.8 Å². The Hall–Kier alpha value is -2.54. The molecular weight excluding hydrogens is 322 g/mol. The van der Waals surface area contributed by atoms with Crippen LogP contribution in [0.3, 0.4) is 0 Å². The van der Waals surface area contributed by atoms with E-state index in [1.165, 1.54) is 0 Å². The van der Waals surface area contributed by atoms with E-state index < -0.39 is 0 Å². The van der Waals surface area contributed by atoms with Crippen LogP contribution >= 0.6 is 11.5 Å². The Kier molecular flexibility index (Phi) is 4.71. The van der Waals surface area contributed by atoms with E-state index >= 15 is 0 Å². The molecule has 1 amide bonds. The maximum absolute atomic E-state index is 12.4. The van der Waals surface area contributed by atoms with Crippen LogP contribution < -0.4 is 5.32 Å². The molecule has 6 nitrogen and oxygen atoms in total. The fraction of sp³-hybridized carbons (Fsp3) is 0.294. The zero-order valence-corrected chi connectivity index (χ0v) is 14.7. The Morgan fingerprint density at radius 2 is 2.08 bits per heavy atom. The van der Waals surface area contributed by atoms with E-state index in [2.05, 4.69) is 20.0 Å². The van der Waals surface area contributed by atoms with Gasteiger partial charge in [0.15, 0.2) is 0 Å². The van der Waals surface area contributed by atoms with E-state index in [-0.39, 0.29) is 11.9 Å². The van der Waals surface area contributed by atoms with Crippen molar-refractivity contribution >= 4 is 17.4 Å². The molecule has 124 valence electrons. The third kappa shape index (κ3) is 3.07. The van der Waals surface area contributed by atoms with Gasteiger partial charge in [0, 0.05) is 11.3 Å². The van der Waals surface area contributed by atoms with E-state index in [1.54, 1.807) is 6.20 Å². The molecule has 0 fully saturated rings. The van der Waals surface area contributed by atoms with Gasteiger partial charge < -0.3 is 5.32 Å². The van der Waals surface area contributed by atoms with Gasteiger partial charge in [-0.1, -0.05) is 29.6 Å². The largest absolute Gasteiger partial charge is 0.345 e. The van der Waals surface area contributed by atoms with Crippen molar-refractivity contribution in [1.82, 2.24) is 24.7 Å². The lowest BCUT2D eigenvalue weighted by Crippen LogP contribution is -2.27. The Morgan fingerprint density at radius 3 is 2.79 bits per heavy atom. The summed E-state index contributed by atoms with van der Waals surface area (Å²) < 4.78 is 5.75. The van der Waals surface area contributed by atoms with Crippen molar-refractivity contribution in [3.63, 3.8) is 0 Å². The molecule has 0 bridgehead atoms. The molecule has 1 atom stereocenters. The first-order valence-corrected chi connectivity index (χ1v) is 8.61. The minimum atomic E-state index is -0.151. The van der Waals surface area contributed by atoms with E-state index in [4.69, 9.17) is 0 Å². The van der Waals surface area contributed by atoms with Crippen molar-refractivity contribution in [2.24, 2.45) is 0 Å². The van der Waals surface area contributed by atoms with E-state index in [0.717, 1.165) is 34.2 Å². The van der Waals surface area contributed by atoms with Crippen LogP contribution in [0.1, 0.15) is 46.5 Å². The standard InChI is InChI=1S/C17H19N5OS/c1-4-15-16(24-21-20-15)17(23)19-11(2)14-10-18-22(12(14)3)13-8-6-5-7-9-13/h5-11H,4H2,1-3H3,(H,19,23)/t11-/m1/s1. The molecule has 3 rings (SSSR count). The second-order valence-electron chi connectivity index (χ2n) is 5.53. The molecule has 2 aromatic heterocycles. The Bertz CT molecular complexity index is 840. The van der Waals surface area contributed by atoms with Crippen LogP contribution in [0.2, 0.25) is 0 Å². The van der Waals surface area contributed by atoms with Crippen molar-refractivity contribution < 1.29 is 4.79 Å². The summed E-state index contributed by atoms with van der Waals surface area (Å²) in [6.45, 7) is 5.92. The van der Waals surface area contributed by atoms with E-state index in [9.17, 15) is 4.79 Å². The highest BCUT2D eigenvalue weighted by Crippen LogP contribution is 2.21. The average Bonchev–Trinajstić information content (AvgIpc) is 3.21. The van der Waals surface area contributed by atoms with Crippen molar-refractivity contribution in [3.05, 3.63) is 58.4 Å². The van der Waals surface area contributed by atoms with Crippen molar-refractivity contribution in [3.8, 4) is 5.69 Å². The molecule has 0 unspecified atom stereocenters. The first-order chi connectivity index (χ1) is 11.6. The predicted octanol–water partition coefficient (Wildman–Crippen LogP) is 3.09. The number of hydrogen-bond acceptors (Lipinski definition) is 5. The van der Waals surface area contributed by atoms with Crippen LogP contribution in [0.25, 0.3) is 5.69 Å². The third-order valence-corrected chi connectivity index (χ3v) is 4.73. The second kappa shape index (κ2) is 6.92. The minimum absolute atomic E-state index is 0.138. The second-order valence-corrected chi connectivity index (χ2v) is 6.28. The zero-order chi connectivity index (χ0) is 17.1. The molecule has 24 heavy (non-hydrogen) atoms. The van der Waals surface area contributed by atoms with Gasteiger partial charge >= 0.3 is 0 Å². The predicted molar refractivity (Wildman–Crippen MR) is 93.5 cm³/mol. The number of para-hydroxylation sites is 1. The lowest BCUT2D eigenvalue weighted by molar-refractivity contribution is 0.0943. The molecule has 0 aliphatic carbocycles. The maximum Gasteiger partial charge on any atom is 0.265 e. The normalized spacial score (nSPS) is 12.1. The third-order valence-electron chi connectivity index (χ3n) is 3.96. The van der Waals surface area contributed by atoms with Gasteiger partial charge in [0.05, 0.1) is 23.6 Å². The lowest BCUT2D eigenvalue weighted by Gasteiger charge is -2.13. The SMILES string of the molecule is CCc1nnsc1C(=O)N[C@H](C)c1cnn(-c2ccccc2)c1C. The molecule has 3 aromatic rings. The molecule has 0 saturated heterocycles. The minimum Gasteiger partial charge on any atom is -0.345 e. The number of hydrogen-bond donors (Lipinski definition) is 1. The number of benzene rings is 1. The molecule has 1 aromatic carbocycles. The topological polar surface area (TPSA) is 72.7 Å². The highest BCUT2D eigenvalue weighted by molar-refractivity contribution is 7.08. The van der Waals surface area contributed by atoms with Gasteiger partial charge in [-0.25, -0.2) is 4.68 Å². The lowest BCUT2D eigenvalue weighted by atomic mass is 10.1. The highest BCUT2D eigenvalue weighted by atomic mass is 32.1. The molecule has 0 radical (unpaired) electrons. The average molecular weight is 341 g/mol. The maximum atomic E-state index is 12.4. The summed E-state index contributed by atoms with van der Waals surface area (Å²) in [7, 11) is 0. The number of carbonyl (C=O) groups excluding carboxylic acids is 1. The number of aromatic nitrogens is 4. The Labute approximate surface area is 144 Å². The number of aryl methyl sites for hydroxylation is 1. The van der Waals surface area contributed by atoms with Crippen LogP contribution in [0.5, 0.6) is 0 Å². The molecule has 7 heteroatoms. The van der Waals surface area contributed by atoms with Gasteiger partial charge in [-0.15, -0.1) is 5.10 Å². The molecule has 0 saturated carbocycles. The van der Waals surface area contributed by atoms with Crippen LogP contribution in [0.4, 0.5) is 0 Å². The fourth-order valence-electron chi connectivity index (χ4n) is 2.63. The van der Waals surface area contributed by atoms with Gasteiger partial charge in [-0.3, -0.25) is 4.79 Å². The quantitative estimate of drug-likeness (QED) is 0.774. The van der Waals surface area contributed by atoms with Crippen LogP contribution in [-0.4, -0.2) is 25.3 Å². The molecule has 0 spiro atoms. The number of amides is 1. The van der Waals surface area contributed by atoms with Gasteiger partial charge in [0.2, 0.25) is 0 Å². The van der Waals surface area contributed by atoms with Gasteiger partial charge in [-0.2, -0.15) is 5.10 Å². The van der Waals surface area contributed by atoms with Crippen molar-refractivity contribution in [1.29, 1.82) is 0 Å². The molecule has 0 aliphatic rings. The summed E-state index contributed by atoms with van der Waals surface area (Å²) in [6.07, 6.45) is 2.50. The summed E-state index contributed by atoms with van der Waals surface area (Å²) in [5, 5.41) is 11.5. The van der Waals surface area contributed by atoms with Crippen molar-refractivity contribution in [2.45, 2.75) is 33.2 Å². The highest BCUT2D eigenvalue weighted by Gasteiger charge is 2.20. The Balaban J connectivity index is 1.80. The first-order valence-electron chi connectivity index (χ1n) is 7.83. The summed E-state index contributed by atoms with van der Waals surface area (Å²) in [5.74, 6) is -0.138. The summed E-state index contributed by atoms with van der Waals surface area (Å²) in [6, 6.07) is 9.78. The van der Waals surface area contributed by atoms with Crippen LogP contribution in [0.15, 0.2) is 36.5 Å². The van der Waals surface area contributed by atoms with Gasteiger partial charge in [0.25, 0.3) is 5.91 Å².